The quantitative estimate of drug-likeness (QED) is 0.662. The van der Waals surface area contributed by atoms with Crippen molar-refractivity contribution in [2.75, 3.05) is 0 Å². The van der Waals surface area contributed by atoms with Gasteiger partial charge in [-0.25, -0.2) is 0 Å². The van der Waals surface area contributed by atoms with Crippen molar-refractivity contribution in [1.82, 2.24) is 0 Å². The van der Waals surface area contributed by atoms with Crippen LogP contribution in [0.25, 0.3) is 0 Å². The van der Waals surface area contributed by atoms with Gasteiger partial charge in [0, 0.05) is 0 Å². The van der Waals surface area contributed by atoms with E-state index < -0.39 is 0 Å². The van der Waals surface area contributed by atoms with E-state index in [9.17, 15) is 0 Å². The second kappa shape index (κ2) is 4.56. The van der Waals surface area contributed by atoms with E-state index in [1.54, 1.807) is 5.54 Å². The zero-order valence-electron chi connectivity index (χ0n) is 5.33. The summed E-state index contributed by atoms with van der Waals surface area (Å²) in [4.78, 5) is 1.99. The molecule has 0 aromatic heterocycles. The van der Waals surface area contributed by atoms with Crippen LogP contribution in [0.1, 0.15) is 0 Å². The molecule has 0 N–H and O–H groups in total. The van der Waals surface area contributed by atoms with Crippen LogP contribution >= 0.6 is 11.6 Å². The van der Waals surface area contributed by atoms with E-state index >= 15 is 0 Å². The molecule has 0 heterocycles. The van der Waals surface area contributed by atoms with Crippen LogP contribution in [0.2, 0.25) is 0 Å². The molecule has 2 heteroatoms. The Morgan fingerprint density at radius 1 is 1.20 bits per heavy atom. The summed E-state index contributed by atoms with van der Waals surface area (Å²) >= 11 is 5.79. The molecular weight excluding hydrogens is 211 g/mol. The average molecular weight is 218 g/mol. The van der Waals surface area contributed by atoms with Gasteiger partial charge in [0.1, 0.15) is 0 Å². The van der Waals surface area contributed by atoms with Crippen molar-refractivity contribution in [3.8, 4) is 0 Å². The molecule has 0 atom stereocenters. The van der Waals surface area contributed by atoms with E-state index in [-0.39, 0.29) is 0 Å². The Bertz CT molecular complexity index is 206. The first kappa shape index (κ1) is 7.87. The van der Waals surface area contributed by atoms with Crippen molar-refractivity contribution >= 4 is 31.0 Å². The fourth-order valence-electron chi connectivity index (χ4n) is 0.603. The van der Waals surface area contributed by atoms with Crippen LogP contribution in [0.15, 0.2) is 40.8 Å². The molecule has 1 aromatic rings. The summed E-state index contributed by atoms with van der Waals surface area (Å²) in [5.74, 6) is 0. The minimum absolute atomic E-state index is 0.406. The van der Waals surface area contributed by atoms with E-state index in [1.807, 2.05) is 23.2 Å². The van der Waals surface area contributed by atoms with Crippen LogP contribution < -0.4 is 4.46 Å². The summed E-state index contributed by atoms with van der Waals surface area (Å²) in [6.07, 6.45) is 0. The molecule has 52 valence electrons. The SMILES string of the molecule is Cl/C=C/[Se]c1ccccc1. The third-order valence-corrected chi connectivity index (χ3v) is 3.18. The molecule has 0 spiro atoms. The number of rotatable bonds is 2. The van der Waals surface area contributed by atoms with E-state index in [2.05, 4.69) is 12.1 Å². The summed E-state index contributed by atoms with van der Waals surface area (Å²) in [5.41, 5.74) is 1.58. The van der Waals surface area contributed by atoms with E-state index in [0.717, 1.165) is 0 Å². The summed E-state index contributed by atoms with van der Waals surface area (Å²) in [5, 5.41) is 0. The summed E-state index contributed by atoms with van der Waals surface area (Å²) in [6.45, 7) is 0. The Morgan fingerprint density at radius 2 is 1.90 bits per heavy atom. The Kier molecular flexibility index (Phi) is 3.59. The first-order valence-electron chi connectivity index (χ1n) is 2.90. The Labute approximate surface area is 72.1 Å². The number of hydrogen-bond acceptors (Lipinski definition) is 0. The van der Waals surface area contributed by atoms with Crippen LogP contribution in [0.3, 0.4) is 0 Å². The maximum absolute atomic E-state index is 5.39. The van der Waals surface area contributed by atoms with E-state index in [0.29, 0.717) is 15.0 Å². The number of halogens is 1. The third kappa shape index (κ3) is 2.57. The Balaban J connectivity index is 2.59. The van der Waals surface area contributed by atoms with E-state index in [4.69, 9.17) is 11.6 Å². The monoisotopic (exact) mass is 218 g/mol. The van der Waals surface area contributed by atoms with Crippen LogP contribution in [0.4, 0.5) is 0 Å². The minimum atomic E-state index is 0.406. The first-order chi connectivity index (χ1) is 4.93. The van der Waals surface area contributed by atoms with Gasteiger partial charge in [0.15, 0.2) is 0 Å². The molecule has 0 nitrogen and oxygen atoms in total. The van der Waals surface area contributed by atoms with Crippen molar-refractivity contribution in [2.24, 2.45) is 0 Å². The molecule has 0 fully saturated rings. The normalized spacial score (nSPS) is 10.5. The predicted molar refractivity (Wildman–Crippen MR) is 46.8 cm³/mol. The molecule has 0 bridgehead atoms. The van der Waals surface area contributed by atoms with Gasteiger partial charge in [0.05, 0.1) is 0 Å². The molecule has 1 rings (SSSR count). The second-order valence-electron chi connectivity index (χ2n) is 1.69. The van der Waals surface area contributed by atoms with Gasteiger partial charge in [-0.2, -0.15) is 0 Å². The molecule has 0 saturated carbocycles. The zero-order valence-corrected chi connectivity index (χ0v) is 7.80. The van der Waals surface area contributed by atoms with Gasteiger partial charge in [0.25, 0.3) is 0 Å². The fraction of sp³-hybridized carbons (Fsp3) is 0. The van der Waals surface area contributed by atoms with Crippen molar-refractivity contribution < 1.29 is 0 Å². The van der Waals surface area contributed by atoms with Crippen molar-refractivity contribution in [2.45, 2.75) is 0 Å². The van der Waals surface area contributed by atoms with Crippen molar-refractivity contribution in [3.63, 3.8) is 0 Å². The van der Waals surface area contributed by atoms with Gasteiger partial charge in [-0.05, 0) is 0 Å². The fourth-order valence-corrected chi connectivity index (χ4v) is 1.97. The topological polar surface area (TPSA) is 0 Å². The molecule has 0 amide bonds. The molecule has 0 radical (unpaired) electrons. The van der Waals surface area contributed by atoms with Crippen LogP contribution in [0.5, 0.6) is 0 Å². The molecule has 0 aliphatic rings. The molecule has 10 heavy (non-hydrogen) atoms. The standard InChI is InChI=1S/C8H7ClSe/c9-6-7-10-8-4-2-1-3-5-8/h1-7H/b7-6+. The van der Waals surface area contributed by atoms with Gasteiger partial charge in [-0.3, -0.25) is 0 Å². The van der Waals surface area contributed by atoms with Crippen molar-refractivity contribution in [3.05, 3.63) is 40.8 Å². The van der Waals surface area contributed by atoms with Gasteiger partial charge in [-0.1, -0.05) is 0 Å². The van der Waals surface area contributed by atoms with Gasteiger partial charge in [0.2, 0.25) is 0 Å². The van der Waals surface area contributed by atoms with Gasteiger partial charge in [-0.15, -0.1) is 0 Å². The second-order valence-corrected chi connectivity index (χ2v) is 4.00. The molecule has 0 aliphatic heterocycles. The van der Waals surface area contributed by atoms with Crippen LogP contribution in [0, 0.1) is 0 Å². The van der Waals surface area contributed by atoms with E-state index in [1.165, 1.54) is 4.46 Å². The van der Waals surface area contributed by atoms with Crippen molar-refractivity contribution in [1.29, 1.82) is 0 Å². The maximum atomic E-state index is 5.39. The summed E-state index contributed by atoms with van der Waals surface area (Å²) < 4.78 is 1.35. The summed E-state index contributed by atoms with van der Waals surface area (Å²) in [6, 6.07) is 10.3. The Morgan fingerprint density at radius 3 is 2.50 bits per heavy atom. The molecule has 0 unspecified atom stereocenters. The molecule has 0 saturated heterocycles. The zero-order chi connectivity index (χ0) is 7.23. The summed E-state index contributed by atoms with van der Waals surface area (Å²) in [7, 11) is 0. The molecular formula is C8H7ClSe. The Hall–Kier alpha value is -0.231. The average Bonchev–Trinajstić information content (AvgIpc) is 2.03. The van der Waals surface area contributed by atoms with Gasteiger partial charge < -0.3 is 0 Å². The van der Waals surface area contributed by atoms with Gasteiger partial charge >= 0.3 is 71.9 Å². The molecule has 1 aromatic carbocycles. The van der Waals surface area contributed by atoms with Crippen LogP contribution in [-0.2, 0) is 0 Å². The number of benzene rings is 1. The first-order valence-corrected chi connectivity index (χ1v) is 5.18. The predicted octanol–water partition coefficient (Wildman–Crippen LogP) is 1.73. The third-order valence-electron chi connectivity index (χ3n) is 0.999. The number of hydrogen-bond donors (Lipinski definition) is 0. The van der Waals surface area contributed by atoms with Crippen LogP contribution in [-0.4, -0.2) is 15.0 Å². The molecule has 0 aliphatic carbocycles.